The number of aromatic nitrogens is 3. The van der Waals surface area contributed by atoms with E-state index >= 15 is 0 Å². The number of fused-ring (bicyclic) bond motifs is 1. The van der Waals surface area contributed by atoms with E-state index in [4.69, 9.17) is 4.42 Å². The van der Waals surface area contributed by atoms with Gasteiger partial charge in [0.15, 0.2) is 5.76 Å². The number of carbonyl (C=O) groups is 2. The SMILES string of the molecule is CCc1nnc(NC(=O)c2csc(C3CCN(C(=O)c4cc5ccccc5o4)CC3)n2)s1. The number of carbonyl (C=O) groups excluding carboxylic acids is 2. The summed E-state index contributed by atoms with van der Waals surface area (Å²) in [7, 11) is 0. The van der Waals surface area contributed by atoms with Gasteiger partial charge in [-0.3, -0.25) is 14.9 Å². The number of piperidine rings is 1. The molecule has 3 aromatic heterocycles. The van der Waals surface area contributed by atoms with Crippen LogP contribution in [0.15, 0.2) is 40.1 Å². The van der Waals surface area contributed by atoms with Crippen LogP contribution in [-0.2, 0) is 6.42 Å². The molecule has 1 aliphatic heterocycles. The van der Waals surface area contributed by atoms with Crippen LogP contribution in [0, 0.1) is 0 Å². The van der Waals surface area contributed by atoms with Crippen molar-refractivity contribution < 1.29 is 14.0 Å². The minimum absolute atomic E-state index is 0.0811. The van der Waals surface area contributed by atoms with Gasteiger partial charge in [-0.25, -0.2) is 4.98 Å². The number of nitrogens with one attached hydrogen (secondary N) is 1. The third kappa shape index (κ3) is 4.15. The van der Waals surface area contributed by atoms with Crippen molar-refractivity contribution in [3.8, 4) is 0 Å². The van der Waals surface area contributed by atoms with E-state index in [2.05, 4.69) is 20.5 Å². The number of nitrogens with zero attached hydrogens (tertiary/aromatic N) is 4. The Balaban J connectivity index is 1.19. The number of hydrogen-bond acceptors (Lipinski definition) is 8. The fourth-order valence-electron chi connectivity index (χ4n) is 3.76. The highest BCUT2D eigenvalue weighted by Crippen LogP contribution is 2.31. The van der Waals surface area contributed by atoms with E-state index < -0.39 is 0 Å². The third-order valence-corrected chi connectivity index (χ3v) is 7.50. The number of amides is 2. The second kappa shape index (κ2) is 8.79. The van der Waals surface area contributed by atoms with Crippen LogP contribution in [0.3, 0.4) is 0 Å². The molecule has 1 saturated heterocycles. The number of furan rings is 1. The van der Waals surface area contributed by atoms with Gasteiger partial charge >= 0.3 is 0 Å². The molecule has 5 rings (SSSR count). The molecule has 10 heteroatoms. The topological polar surface area (TPSA) is 101 Å². The molecule has 4 aromatic rings. The van der Waals surface area contributed by atoms with Crippen molar-refractivity contribution in [1.29, 1.82) is 0 Å². The van der Waals surface area contributed by atoms with E-state index in [9.17, 15) is 9.59 Å². The zero-order valence-corrected chi connectivity index (χ0v) is 19.0. The van der Waals surface area contributed by atoms with Crippen molar-refractivity contribution in [1.82, 2.24) is 20.1 Å². The molecular weight excluding hydrogens is 446 g/mol. The van der Waals surface area contributed by atoms with Crippen molar-refractivity contribution in [3.05, 3.63) is 57.2 Å². The summed E-state index contributed by atoms with van der Waals surface area (Å²) in [6.45, 7) is 3.26. The highest BCUT2D eigenvalue weighted by molar-refractivity contribution is 7.15. The molecular formula is C22H21N5O3S2. The number of likely N-dealkylation sites (tertiary alicyclic amines) is 1. The van der Waals surface area contributed by atoms with Gasteiger partial charge in [0, 0.05) is 29.8 Å². The molecule has 1 aliphatic rings. The fraction of sp³-hybridized carbons (Fsp3) is 0.318. The molecule has 4 heterocycles. The zero-order chi connectivity index (χ0) is 22.1. The Morgan fingerprint density at radius 1 is 1.22 bits per heavy atom. The molecule has 0 saturated carbocycles. The molecule has 8 nitrogen and oxygen atoms in total. The van der Waals surface area contributed by atoms with Crippen LogP contribution in [0.2, 0.25) is 0 Å². The van der Waals surface area contributed by atoms with Gasteiger partial charge in [0.1, 0.15) is 16.3 Å². The lowest BCUT2D eigenvalue weighted by atomic mass is 9.97. The van der Waals surface area contributed by atoms with E-state index in [-0.39, 0.29) is 17.7 Å². The van der Waals surface area contributed by atoms with Gasteiger partial charge in [0.2, 0.25) is 5.13 Å². The summed E-state index contributed by atoms with van der Waals surface area (Å²) >= 11 is 2.86. The van der Waals surface area contributed by atoms with Crippen LogP contribution in [0.5, 0.6) is 0 Å². The highest BCUT2D eigenvalue weighted by atomic mass is 32.1. The van der Waals surface area contributed by atoms with Crippen LogP contribution < -0.4 is 5.32 Å². The molecule has 164 valence electrons. The summed E-state index contributed by atoms with van der Waals surface area (Å²) < 4.78 is 5.73. The van der Waals surface area contributed by atoms with E-state index in [1.807, 2.05) is 36.1 Å². The molecule has 1 aromatic carbocycles. The molecule has 0 bridgehead atoms. The van der Waals surface area contributed by atoms with Gasteiger partial charge in [-0.1, -0.05) is 36.5 Å². The smallest absolute Gasteiger partial charge is 0.289 e. The first kappa shape index (κ1) is 20.8. The minimum atomic E-state index is -0.274. The van der Waals surface area contributed by atoms with Crippen molar-refractivity contribution >= 4 is 50.6 Å². The largest absolute Gasteiger partial charge is 0.451 e. The Kier molecular flexibility index (Phi) is 5.71. The van der Waals surface area contributed by atoms with Crippen molar-refractivity contribution in [2.45, 2.75) is 32.1 Å². The first-order valence-electron chi connectivity index (χ1n) is 10.5. The average molecular weight is 468 g/mol. The fourth-order valence-corrected chi connectivity index (χ4v) is 5.41. The predicted molar refractivity (Wildman–Crippen MR) is 123 cm³/mol. The number of hydrogen-bond donors (Lipinski definition) is 1. The number of para-hydroxylation sites is 1. The number of benzene rings is 1. The van der Waals surface area contributed by atoms with Crippen LogP contribution >= 0.6 is 22.7 Å². The van der Waals surface area contributed by atoms with E-state index in [1.165, 1.54) is 22.7 Å². The third-order valence-electron chi connectivity index (χ3n) is 5.51. The summed E-state index contributed by atoms with van der Waals surface area (Å²) in [5.41, 5.74) is 1.11. The van der Waals surface area contributed by atoms with Crippen LogP contribution in [-0.4, -0.2) is 45.0 Å². The minimum Gasteiger partial charge on any atom is -0.451 e. The Bertz CT molecular complexity index is 1240. The maximum absolute atomic E-state index is 12.9. The Hall–Kier alpha value is -3.11. The van der Waals surface area contributed by atoms with Crippen LogP contribution in [0.25, 0.3) is 11.0 Å². The van der Waals surface area contributed by atoms with Gasteiger partial charge in [-0.05, 0) is 31.4 Å². The van der Waals surface area contributed by atoms with Gasteiger partial charge in [-0.2, -0.15) is 0 Å². The zero-order valence-electron chi connectivity index (χ0n) is 17.4. The normalized spacial score (nSPS) is 14.7. The molecule has 32 heavy (non-hydrogen) atoms. The molecule has 0 aliphatic carbocycles. The van der Waals surface area contributed by atoms with Gasteiger partial charge < -0.3 is 9.32 Å². The Morgan fingerprint density at radius 3 is 2.78 bits per heavy atom. The molecule has 1 N–H and O–H groups in total. The van der Waals surface area contributed by atoms with E-state index in [1.54, 1.807) is 11.4 Å². The average Bonchev–Trinajstić information content (AvgIpc) is 3.57. The number of thiazole rings is 1. The van der Waals surface area contributed by atoms with Gasteiger partial charge in [-0.15, -0.1) is 21.5 Å². The van der Waals surface area contributed by atoms with Gasteiger partial charge in [0.05, 0.1) is 5.01 Å². The summed E-state index contributed by atoms with van der Waals surface area (Å²) in [4.78, 5) is 31.7. The lowest BCUT2D eigenvalue weighted by Gasteiger charge is -2.30. The summed E-state index contributed by atoms with van der Waals surface area (Å²) in [5, 5.41) is 15.8. The maximum Gasteiger partial charge on any atom is 0.289 e. The monoisotopic (exact) mass is 467 g/mol. The second-order valence-corrected chi connectivity index (χ2v) is 9.55. The summed E-state index contributed by atoms with van der Waals surface area (Å²) in [5.74, 6) is 0.251. The van der Waals surface area contributed by atoms with Crippen molar-refractivity contribution in [2.24, 2.45) is 0 Å². The Morgan fingerprint density at radius 2 is 2.03 bits per heavy atom. The van der Waals surface area contributed by atoms with E-state index in [0.717, 1.165) is 40.2 Å². The first-order chi connectivity index (χ1) is 15.6. The predicted octanol–water partition coefficient (Wildman–Crippen LogP) is 4.58. The summed E-state index contributed by atoms with van der Waals surface area (Å²) in [6, 6.07) is 9.42. The standard InChI is InChI=1S/C22H21N5O3S2/c1-2-18-25-26-22(32-18)24-19(28)15-12-31-20(23-15)13-7-9-27(10-8-13)21(29)17-11-14-5-3-4-6-16(14)30-17/h3-6,11-13H,2,7-10H2,1H3,(H,24,26,28). The number of aryl methyl sites for hydroxylation is 1. The number of anilines is 1. The second-order valence-electron chi connectivity index (χ2n) is 7.59. The lowest BCUT2D eigenvalue weighted by Crippen LogP contribution is -2.37. The van der Waals surface area contributed by atoms with Crippen LogP contribution in [0.4, 0.5) is 5.13 Å². The van der Waals surface area contributed by atoms with Gasteiger partial charge in [0.25, 0.3) is 11.8 Å². The highest BCUT2D eigenvalue weighted by Gasteiger charge is 2.28. The molecule has 0 atom stereocenters. The molecule has 0 unspecified atom stereocenters. The number of rotatable bonds is 5. The van der Waals surface area contributed by atoms with Crippen molar-refractivity contribution in [3.63, 3.8) is 0 Å². The molecule has 2 amide bonds. The molecule has 0 radical (unpaired) electrons. The molecule has 0 spiro atoms. The maximum atomic E-state index is 12.9. The Labute approximate surface area is 192 Å². The lowest BCUT2D eigenvalue weighted by molar-refractivity contribution is 0.0683. The summed E-state index contributed by atoms with van der Waals surface area (Å²) in [6.07, 6.45) is 2.39. The first-order valence-corrected chi connectivity index (χ1v) is 12.2. The van der Waals surface area contributed by atoms with Crippen molar-refractivity contribution in [2.75, 3.05) is 18.4 Å². The molecule has 1 fully saturated rings. The van der Waals surface area contributed by atoms with Crippen LogP contribution in [0.1, 0.15) is 56.7 Å². The quantitative estimate of drug-likeness (QED) is 0.461. The van der Waals surface area contributed by atoms with E-state index in [0.29, 0.717) is 29.7 Å².